The van der Waals surface area contributed by atoms with E-state index in [2.05, 4.69) is 25.1 Å². The minimum absolute atomic E-state index is 0.502. The molecule has 4 rings (SSSR count). The SMILES string of the molecule is COc1ccc(C)cc1Nc1nc(N2CCOCC2)nc(N2CCOCC2)n1. The van der Waals surface area contributed by atoms with Gasteiger partial charge in [-0.15, -0.1) is 0 Å². The maximum atomic E-state index is 5.48. The van der Waals surface area contributed by atoms with Gasteiger partial charge in [0.05, 0.1) is 39.2 Å². The molecule has 2 aliphatic rings. The van der Waals surface area contributed by atoms with Gasteiger partial charge in [0.25, 0.3) is 0 Å². The van der Waals surface area contributed by atoms with Gasteiger partial charge in [-0.1, -0.05) is 6.07 Å². The van der Waals surface area contributed by atoms with Gasteiger partial charge in [0.1, 0.15) is 5.75 Å². The highest BCUT2D eigenvalue weighted by Crippen LogP contribution is 2.28. The van der Waals surface area contributed by atoms with Crippen LogP contribution < -0.4 is 19.9 Å². The van der Waals surface area contributed by atoms with Crippen molar-refractivity contribution in [2.45, 2.75) is 6.92 Å². The molecule has 2 fully saturated rings. The predicted octanol–water partition coefficient (Wildman–Crippen LogP) is 1.61. The largest absolute Gasteiger partial charge is 0.495 e. The van der Waals surface area contributed by atoms with Crippen LogP contribution in [0.25, 0.3) is 0 Å². The number of anilines is 4. The molecule has 0 radical (unpaired) electrons. The molecule has 0 spiro atoms. The van der Waals surface area contributed by atoms with Crippen molar-refractivity contribution in [3.8, 4) is 5.75 Å². The number of benzene rings is 1. The number of nitrogens with zero attached hydrogens (tertiary/aromatic N) is 5. The van der Waals surface area contributed by atoms with Crippen LogP contribution in [0.15, 0.2) is 18.2 Å². The zero-order valence-corrected chi connectivity index (χ0v) is 16.3. The molecule has 2 saturated heterocycles. The van der Waals surface area contributed by atoms with Crippen LogP contribution >= 0.6 is 0 Å². The number of aryl methyl sites for hydroxylation is 1. The average molecular weight is 386 g/mol. The third kappa shape index (κ3) is 4.26. The summed E-state index contributed by atoms with van der Waals surface area (Å²) in [6, 6.07) is 5.96. The Morgan fingerprint density at radius 1 is 0.893 bits per heavy atom. The molecule has 3 heterocycles. The van der Waals surface area contributed by atoms with Gasteiger partial charge >= 0.3 is 0 Å². The van der Waals surface area contributed by atoms with E-state index in [1.54, 1.807) is 7.11 Å². The van der Waals surface area contributed by atoms with Crippen molar-refractivity contribution in [2.24, 2.45) is 0 Å². The van der Waals surface area contributed by atoms with E-state index in [1.165, 1.54) is 0 Å². The molecule has 28 heavy (non-hydrogen) atoms. The van der Waals surface area contributed by atoms with Crippen LogP contribution in [-0.2, 0) is 9.47 Å². The summed E-state index contributed by atoms with van der Waals surface area (Å²) in [5.74, 6) is 2.57. The van der Waals surface area contributed by atoms with E-state index in [9.17, 15) is 0 Å². The lowest BCUT2D eigenvalue weighted by Gasteiger charge is -2.30. The summed E-state index contributed by atoms with van der Waals surface area (Å²) < 4.78 is 16.4. The Hall–Kier alpha value is -2.65. The first-order valence-electron chi connectivity index (χ1n) is 9.56. The van der Waals surface area contributed by atoms with E-state index < -0.39 is 0 Å². The second kappa shape index (κ2) is 8.57. The van der Waals surface area contributed by atoms with E-state index >= 15 is 0 Å². The summed E-state index contributed by atoms with van der Waals surface area (Å²) in [6.45, 7) is 7.79. The summed E-state index contributed by atoms with van der Waals surface area (Å²) in [7, 11) is 1.65. The van der Waals surface area contributed by atoms with E-state index in [0.29, 0.717) is 44.3 Å². The smallest absolute Gasteiger partial charge is 0.233 e. The number of ether oxygens (including phenoxy) is 3. The normalized spacial score (nSPS) is 17.5. The van der Waals surface area contributed by atoms with Crippen molar-refractivity contribution in [2.75, 3.05) is 74.8 Å². The van der Waals surface area contributed by atoms with Crippen molar-refractivity contribution >= 4 is 23.5 Å². The van der Waals surface area contributed by atoms with Gasteiger partial charge in [0, 0.05) is 26.2 Å². The molecule has 0 aliphatic carbocycles. The summed E-state index contributed by atoms with van der Waals surface area (Å²) in [5, 5.41) is 3.32. The van der Waals surface area contributed by atoms with Gasteiger partial charge in [-0.2, -0.15) is 15.0 Å². The number of morpholine rings is 2. The zero-order valence-electron chi connectivity index (χ0n) is 16.3. The summed E-state index contributed by atoms with van der Waals surface area (Å²) in [5.41, 5.74) is 1.95. The molecule has 1 N–H and O–H groups in total. The minimum atomic E-state index is 0.502. The summed E-state index contributed by atoms with van der Waals surface area (Å²) in [6.07, 6.45) is 0. The number of nitrogens with one attached hydrogen (secondary N) is 1. The Morgan fingerprint density at radius 3 is 2.00 bits per heavy atom. The fourth-order valence-corrected chi connectivity index (χ4v) is 3.26. The highest BCUT2D eigenvalue weighted by atomic mass is 16.5. The Labute approximate surface area is 164 Å². The van der Waals surface area contributed by atoms with E-state index in [4.69, 9.17) is 19.2 Å². The van der Waals surface area contributed by atoms with Crippen LogP contribution in [0.2, 0.25) is 0 Å². The Bertz CT molecular complexity index is 770. The third-order valence-electron chi connectivity index (χ3n) is 4.80. The number of hydrogen-bond acceptors (Lipinski definition) is 9. The van der Waals surface area contributed by atoms with Gasteiger partial charge in [-0.3, -0.25) is 0 Å². The van der Waals surface area contributed by atoms with Crippen LogP contribution in [0.3, 0.4) is 0 Å². The van der Waals surface area contributed by atoms with E-state index in [1.807, 2.05) is 25.1 Å². The monoisotopic (exact) mass is 386 g/mol. The van der Waals surface area contributed by atoms with Crippen LogP contribution in [0, 0.1) is 6.92 Å². The summed E-state index contributed by atoms with van der Waals surface area (Å²) in [4.78, 5) is 18.3. The van der Waals surface area contributed by atoms with Crippen molar-refractivity contribution in [1.29, 1.82) is 0 Å². The van der Waals surface area contributed by atoms with Crippen molar-refractivity contribution in [3.63, 3.8) is 0 Å². The number of rotatable bonds is 5. The molecule has 2 aromatic rings. The zero-order chi connectivity index (χ0) is 19.3. The number of hydrogen-bond donors (Lipinski definition) is 1. The third-order valence-corrected chi connectivity index (χ3v) is 4.80. The number of methoxy groups -OCH3 is 1. The molecule has 150 valence electrons. The second-order valence-corrected chi connectivity index (χ2v) is 6.79. The molecule has 1 aromatic heterocycles. The van der Waals surface area contributed by atoms with E-state index in [0.717, 1.165) is 43.2 Å². The van der Waals surface area contributed by atoms with Gasteiger partial charge < -0.3 is 29.3 Å². The molecule has 2 aliphatic heterocycles. The number of aromatic nitrogens is 3. The molecular formula is C19H26N6O3. The van der Waals surface area contributed by atoms with Crippen LogP contribution in [0.5, 0.6) is 5.75 Å². The van der Waals surface area contributed by atoms with Crippen LogP contribution in [0.4, 0.5) is 23.5 Å². The van der Waals surface area contributed by atoms with Gasteiger partial charge in [-0.05, 0) is 24.6 Å². The molecule has 0 unspecified atom stereocenters. The summed E-state index contributed by atoms with van der Waals surface area (Å²) >= 11 is 0. The predicted molar refractivity (Wildman–Crippen MR) is 107 cm³/mol. The molecule has 0 amide bonds. The quantitative estimate of drug-likeness (QED) is 0.823. The lowest BCUT2D eigenvalue weighted by atomic mass is 10.2. The first-order chi connectivity index (χ1) is 13.7. The Morgan fingerprint density at radius 2 is 1.46 bits per heavy atom. The Balaban J connectivity index is 1.67. The minimum Gasteiger partial charge on any atom is -0.495 e. The molecular weight excluding hydrogens is 360 g/mol. The molecule has 9 nitrogen and oxygen atoms in total. The molecule has 0 bridgehead atoms. The van der Waals surface area contributed by atoms with Gasteiger partial charge in [0.15, 0.2) is 0 Å². The lowest BCUT2D eigenvalue weighted by molar-refractivity contribution is 0.121. The Kier molecular flexibility index (Phi) is 5.73. The van der Waals surface area contributed by atoms with Crippen molar-refractivity contribution in [3.05, 3.63) is 23.8 Å². The van der Waals surface area contributed by atoms with Gasteiger partial charge in [0.2, 0.25) is 17.8 Å². The fraction of sp³-hybridized carbons (Fsp3) is 0.526. The average Bonchev–Trinajstić information content (AvgIpc) is 2.75. The van der Waals surface area contributed by atoms with Crippen LogP contribution in [-0.4, -0.2) is 74.7 Å². The fourth-order valence-electron chi connectivity index (χ4n) is 3.26. The first kappa shape index (κ1) is 18.7. The van der Waals surface area contributed by atoms with Crippen molar-refractivity contribution in [1.82, 2.24) is 15.0 Å². The maximum absolute atomic E-state index is 5.48. The standard InChI is InChI=1S/C19H26N6O3/c1-14-3-4-16(26-2)15(13-14)20-17-21-18(24-5-9-27-10-6-24)23-19(22-17)25-7-11-28-12-8-25/h3-4,13H,5-12H2,1-2H3,(H,20,21,22,23). The molecule has 9 heteroatoms. The lowest BCUT2D eigenvalue weighted by Crippen LogP contribution is -2.40. The van der Waals surface area contributed by atoms with Gasteiger partial charge in [-0.25, -0.2) is 0 Å². The topological polar surface area (TPSA) is 84.9 Å². The van der Waals surface area contributed by atoms with Crippen LogP contribution in [0.1, 0.15) is 5.56 Å². The highest BCUT2D eigenvalue weighted by molar-refractivity contribution is 5.64. The maximum Gasteiger partial charge on any atom is 0.233 e. The molecule has 0 atom stereocenters. The molecule has 1 aromatic carbocycles. The second-order valence-electron chi connectivity index (χ2n) is 6.79. The highest BCUT2D eigenvalue weighted by Gasteiger charge is 2.21. The van der Waals surface area contributed by atoms with E-state index in [-0.39, 0.29) is 0 Å². The first-order valence-corrected chi connectivity index (χ1v) is 9.56. The van der Waals surface area contributed by atoms with Crippen molar-refractivity contribution < 1.29 is 14.2 Å². The molecule has 0 saturated carbocycles.